The lowest BCUT2D eigenvalue weighted by atomic mass is 9.90. The first-order valence-electron chi connectivity index (χ1n) is 4.95. The Morgan fingerprint density at radius 2 is 2.50 bits per heavy atom. The maximum Gasteiger partial charge on any atom is 0.0853 e. The van der Waals surface area contributed by atoms with Gasteiger partial charge in [-0.25, -0.2) is 0 Å². The van der Waals surface area contributed by atoms with Crippen molar-refractivity contribution in [2.45, 2.75) is 31.3 Å². The Balaban J connectivity index is 2.04. The van der Waals surface area contributed by atoms with E-state index >= 15 is 0 Å². The monoisotopic (exact) mass is 213 g/mol. The van der Waals surface area contributed by atoms with Crippen LogP contribution in [0.5, 0.6) is 0 Å². The molecule has 1 aromatic rings. The zero-order valence-corrected chi connectivity index (χ0v) is 8.92. The van der Waals surface area contributed by atoms with E-state index in [1.807, 2.05) is 0 Å². The van der Waals surface area contributed by atoms with E-state index in [4.69, 9.17) is 10.5 Å². The van der Waals surface area contributed by atoms with E-state index in [1.165, 1.54) is 18.0 Å². The predicted molar refractivity (Wildman–Crippen MR) is 55.2 cm³/mol. The van der Waals surface area contributed by atoms with Crippen molar-refractivity contribution in [2.75, 3.05) is 13.2 Å². The minimum absolute atomic E-state index is 0.146. The third-order valence-corrected chi connectivity index (χ3v) is 3.37. The summed E-state index contributed by atoms with van der Waals surface area (Å²) in [5, 5.41) is 3.83. The van der Waals surface area contributed by atoms with Crippen molar-refractivity contribution in [2.24, 2.45) is 5.73 Å². The summed E-state index contributed by atoms with van der Waals surface area (Å²) >= 11 is 1.43. The molecular weight excluding hydrogens is 198 g/mol. The molecule has 1 atom stereocenters. The first kappa shape index (κ1) is 10.0. The number of nitrogens with two attached hydrogens (primary N) is 1. The van der Waals surface area contributed by atoms with Gasteiger partial charge in [-0.05, 0) is 30.8 Å². The number of aromatic nitrogens is 2. The summed E-state index contributed by atoms with van der Waals surface area (Å²) in [6.07, 6.45) is 6.09. The minimum Gasteiger partial charge on any atom is -0.373 e. The van der Waals surface area contributed by atoms with Crippen molar-refractivity contribution in [1.29, 1.82) is 0 Å². The van der Waals surface area contributed by atoms with Crippen molar-refractivity contribution in [3.63, 3.8) is 0 Å². The van der Waals surface area contributed by atoms with Crippen molar-refractivity contribution in [3.8, 4) is 0 Å². The number of rotatable bonds is 3. The minimum atomic E-state index is -0.146. The van der Waals surface area contributed by atoms with Gasteiger partial charge in [-0.1, -0.05) is 4.49 Å². The van der Waals surface area contributed by atoms with Gasteiger partial charge in [0.1, 0.15) is 0 Å². The standard InChI is InChI=1S/C9H15N3OS/c10-7-9(3-1-2-4-13-9)5-8-6-11-12-14-8/h6H,1-5,7,10H2. The molecule has 2 heterocycles. The fourth-order valence-corrected chi connectivity index (χ4v) is 2.49. The summed E-state index contributed by atoms with van der Waals surface area (Å²) in [7, 11) is 0. The molecule has 1 aliphatic rings. The number of hydrogen-bond donors (Lipinski definition) is 1. The Hall–Kier alpha value is -0.520. The number of ether oxygens (including phenoxy) is 1. The third-order valence-electron chi connectivity index (χ3n) is 2.71. The zero-order chi connectivity index (χ0) is 9.86. The maximum atomic E-state index is 5.81. The van der Waals surface area contributed by atoms with Gasteiger partial charge in [0.15, 0.2) is 0 Å². The summed E-state index contributed by atoms with van der Waals surface area (Å²) < 4.78 is 9.66. The Kier molecular flexibility index (Phi) is 3.10. The van der Waals surface area contributed by atoms with Crippen LogP contribution in [-0.4, -0.2) is 28.3 Å². The predicted octanol–water partition coefficient (Wildman–Crippen LogP) is 0.979. The SMILES string of the molecule is NCC1(Cc2cnns2)CCCCO1. The summed E-state index contributed by atoms with van der Waals surface area (Å²) in [5.74, 6) is 0. The molecule has 0 saturated carbocycles. The smallest absolute Gasteiger partial charge is 0.0853 e. The van der Waals surface area contributed by atoms with E-state index in [0.717, 1.165) is 30.7 Å². The molecule has 1 aromatic heterocycles. The molecule has 78 valence electrons. The molecule has 0 amide bonds. The second-order valence-electron chi connectivity index (χ2n) is 3.75. The van der Waals surface area contributed by atoms with Crippen molar-refractivity contribution < 1.29 is 4.74 Å². The van der Waals surface area contributed by atoms with Crippen LogP contribution in [0.4, 0.5) is 0 Å². The first-order chi connectivity index (χ1) is 6.85. The van der Waals surface area contributed by atoms with Crippen LogP contribution < -0.4 is 5.73 Å². The molecule has 0 spiro atoms. The topological polar surface area (TPSA) is 61.0 Å². The lowest BCUT2D eigenvalue weighted by Gasteiger charge is -2.35. The van der Waals surface area contributed by atoms with Crippen LogP contribution in [0, 0.1) is 0 Å². The Labute approximate surface area is 87.6 Å². The zero-order valence-electron chi connectivity index (χ0n) is 8.11. The van der Waals surface area contributed by atoms with E-state index < -0.39 is 0 Å². The molecule has 1 fully saturated rings. The highest BCUT2D eigenvalue weighted by Crippen LogP contribution is 2.28. The van der Waals surface area contributed by atoms with Crippen LogP contribution in [0.25, 0.3) is 0 Å². The molecule has 0 bridgehead atoms. The van der Waals surface area contributed by atoms with Gasteiger partial charge in [0, 0.05) is 24.4 Å². The number of hydrogen-bond acceptors (Lipinski definition) is 5. The van der Waals surface area contributed by atoms with Crippen molar-refractivity contribution in [3.05, 3.63) is 11.1 Å². The third kappa shape index (κ3) is 2.10. The molecule has 0 radical (unpaired) electrons. The molecule has 1 aliphatic heterocycles. The average Bonchev–Trinajstić information content (AvgIpc) is 2.72. The van der Waals surface area contributed by atoms with Crippen molar-refractivity contribution in [1.82, 2.24) is 9.59 Å². The lowest BCUT2D eigenvalue weighted by molar-refractivity contribution is -0.0704. The molecule has 1 saturated heterocycles. The molecular formula is C9H15N3OS. The maximum absolute atomic E-state index is 5.81. The Bertz CT molecular complexity index is 270. The van der Waals surface area contributed by atoms with Gasteiger partial charge in [-0.2, -0.15) is 0 Å². The van der Waals surface area contributed by atoms with E-state index in [1.54, 1.807) is 6.20 Å². The van der Waals surface area contributed by atoms with E-state index in [9.17, 15) is 0 Å². The highest BCUT2D eigenvalue weighted by Gasteiger charge is 2.32. The quantitative estimate of drug-likeness (QED) is 0.813. The molecule has 2 rings (SSSR count). The van der Waals surface area contributed by atoms with Gasteiger partial charge in [-0.15, -0.1) is 5.10 Å². The van der Waals surface area contributed by atoms with Gasteiger partial charge >= 0.3 is 0 Å². The first-order valence-corrected chi connectivity index (χ1v) is 5.72. The largest absolute Gasteiger partial charge is 0.373 e. The molecule has 0 aliphatic carbocycles. The Morgan fingerprint density at radius 3 is 3.07 bits per heavy atom. The van der Waals surface area contributed by atoms with E-state index in [2.05, 4.69) is 9.59 Å². The van der Waals surface area contributed by atoms with Gasteiger partial charge in [0.05, 0.1) is 11.8 Å². The summed E-state index contributed by atoms with van der Waals surface area (Å²) in [6.45, 7) is 1.42. The molecule has 2 N–H and O–H groups in total. The van der Waals surface area contributed by atoms with Crippen LogP contribution in [0.3, 0.4) is 0 Å². The van der Waals surface area contributed by atoms with Crippen LogP contribution in [0.1, 0.15) is 24.1 Å². The van der Waals surface area contributed by atoms with Gasteiger partial charge in [0.2, 0.25) is 0 Å². The normalized spacial score (nSPS) is 27.8. The molecule has 1 unspecified atom stereocenters. The van der Waals surface area contributed by atoms with Crippen LogP contribution >= 0.6 is 11.5 Å². The van der Waals surface area contributed by atoms with E-state index in [0.29, 0.717) is 6.54 Å². The summed E-state index contributed by atoms with van der Waals surface area (Å²) in [4.78, 5) is 1.16. The number of nitrogens with zero attached hydrogens (tertiary/aromatic N) is 2. The van der Waals surface area contributed by atoms with Gasteiger partial charge in [-0.3, -0.25) is 0 Å². The summed E-state index contributed by atoms with van der Waals surface area (Å²) in [5.41, 5.74) is 5.65. The molecule has 4 nitrogen and oxygen atoms in total. The second kappa shape index (κ2) is 4.33. The van der Waals surface area contributed by atoms with Crippen LogP contribution in [-0.2, 0) is 11.2 Å². The fraction of sp³-hybridized carbons (Fsp3) is 0.778. The highest BCUT2D eigenvalue weighted by molar-refractivity contribution is 7.05. The second-order valence-corrected chi connectivity index (χ2v) is 4.62. The Morgan fingerprint density at radius 1 is 1.57 bits per heavy atom. The lowest BCUT2D eigenvalue weighted by Crippen LogP contribution is -2.45. The van der Waals surface area contributed by atoms with Crippen LogP contribution in [0.15, 0.2) is 6.20 Å². The van der Waals surface area contributed by atoms with Gasteiger partial charge < -0.3 is 10.5 Å². The fourth-order valence-electron chi connectivity index (χ4n) is 1.87. The van der Waals surface area contributed by atoms with E-state index in [-0.39, 0.29) is 5.60 Å². The average molecular weight is 213 g/mol. The molecule has 0 aromatic carbocycles. The van der Waals surface area contributed by atoms with Crippen LogP contribution in [0.2, 0.25) is 0 Å². The molecule has 14 heavy (non-hydrogen) atoms. The highest BCUT2D eigenvalue weighted by atomic mass is 32.1. The van der Waals surface area contributed by atoms with Crippen molar-refractivity contribution >= 4 is 11.5 Å². The van der Waals surface area contributed by atoms with Gasteiger partial charge in [0.25, 0.3) is 0 Å². The summed E-state index contributed by atoms with van der Waals surface area (Å²) in [6, 6.07) is 0. The molecule has 5 heteroatoms.